The van der Waals surface area contributed by atoms with E-state index in [-0.39, 0.29) is 24.8 Å². The molecular weight excluding hydrogens is 160 g/mol. The number of nitrogens with one attached hydrogen (secondary N) is 1. The summed E-state index contributed by atoms with van der Waals surface area (Å²) < 4.78 is 0. The van der Waals surface area contributed by atoms with Crippen LogP contribution in [-0.2, 0) is 14.4 Å². The van der Waals surface area contributed by atoms with Gasteiger partial charge in [-0.2, -0.15) is 5.06 Å². The zero-order valence-electron chi connectivity index (χ0n) is 7.00. The Kier molecular flexibility index (Phi) is 3.04. The second kappa shape index (κ2) is 4.06. The molecule has 0 aromatic heterocycles. The summed E-state index contributed by atoms with van der Waals surface area (Å²) >= 11 is 0. The molecule has 1 saturated heterocycles. The smallest absolute Gasteiger partial charge is 0.332 e. The topological polar surface area (TPSA) is 58.6 Å². The van der Waals surface area contributed by atoms with E-state index in [1.54, 1.807) is 6.92 Å². The minimum Gasteiger partial charge on any atom is -0.338 e. The number of hydrogen-bond acceptors (Lipinski definition) is 4. The van der Waals surface area contributed by atoms with Gasteiger partial charge in [-0.3, -0.25) is 4.79 Å². The van der Waals surface area contributed by atoms with Crippen molar-refractivity contribution < 1.29 is 14.4 Å². The first-order chi connectivity index (χ1) is 5.74. The Morgan fingerprint density at radius 3 is 3.08 bits per heavy atom. The average molecular weight is 172 g/mol. The lowest BCUT2D eigenvalue weighted by atomic mass is 10.4. The number of hydrogen-bond donors (Lipinski definition) is 1. The minimum absolute atomic E-state index is 0.192. The van der Waals surface area contributed by atoms with Crippen LogP contribution in [0.15, 0.2) is 0 Å². The van der Waals surface area contributed by atoms with E-state index in [1.807, 2.05) is 0 Å². The van der Waals surface area contributed by atoms with E-state index in [4.69, 9.17) is 4.84 Å². The summed E-state index contributed by atoms with van der Waals surface area (Å²) in [5.41, 5.74) is 0. The molecule has 1 aliphatic heterocycles. The number of piperazine rings is 1. The van der Waals surface area contributed by atoms with Crippen molar-refractivity contribution >= 4 is 11.9 Å². The van der Waals surface area contributed by atoms with E-state index < -0.39 is 0 Å². The second-order valence-electron chi connectivity index (χ2n) is 2.49. The van der Waals surface area contributed by atoms with Crippen LogP contribution in [0.2, 0.25) is 0 Å². The number of hydroxylamine groups is 2. The normalized spacial score (nSPS) is 17.8. The van der Waals surface area contributed by atoms with Gasteiger partial charge in [-0.1, -0.05) is 6.92 Å². The van der Waals surface area contributed by atoms with Gasteiger partial charge < -0.3 is 10.2 Å². The molecule has 0 atom stereocenters. The summed E-state index contributed by atoms with van der Waals surface area (Å²) in [6, 6.07) is 0. The van der Waals surface area contributed by atoms with Gasteiger partial charge in [0.05, 0.1) is 13.1 Å². The maximum absolute atomic E-state index is 11.0. The second-order valence-corrected chi connectivity index (χ2v) is 2.49. The molecule has 5 nitrogen and oxygen atoms in total. The van der Waals surface area contributed by atoms with Gasteiger partial charge in [0, 0.05) is 13.0 Å². The minimum atomic E-state index is -0.370. The quantitative estimate of drug-likeness (QED) is 0.597. The highest BCUT2D eigenvalue weighted by atomic mass is 16.7. The van der Waals surface area contributed by atoms with E-state index in [9.17, 15) is 9.59 Å². The summed E-state index contributed by atoms with van der Waals surface area (Å²) in [7, 11) is 0. The molecule has 0 spiro atoms. The first-order valence-corrected chi connectivity index (χ1v) is 3.96. The lowest BCUT2D eigenvalue weighted by molar-refractivity contribution is -0.199. The maximum atomic E-state index is 11.0. The molecule has 12 heavy (non-hydrogen) atoms. The zero-order chi connectivity index (χ0) is 8.97. The van der Waals surface area contributed by atoms with Crippen molar-refractivity contribution in [3.63, 3.8) is 0 Å². The van der Waals surface area contributed by atoms with E-state index in [0.717, 1.165) is 5.06 Å². The van der Waals surface area contributed by atoms with E-state index >= 15 is 0 Å². The molecule has 0 aromatic carbocycles. The SMILES string of the molecule is CCC(=O)ON1CCNCC1=O. The Morgan fingerprint density at radius 2 is 2.50 bits per heavy atom. The average Bonchev–Trinajstić information content (AvgIpc) is 2.09. The largest absolute Gasteiger partial charge is 0.338 e. The van der Waals surface area contributed by atoms with E-state index in [1.165, 1.54) is 0 Å². The Labute approximate surface area is 70.6 Å². The Balaban J connectivity index is 2.39. The van der Waals surface area contributed by atoms with Crippen molar-refractivity contribution in [2.24, 2.45) is 0 Å². The number of carbonyl (C=O) groups excluding carboxylic acids is 2. The molecule has 0 aliphatic carbocycles. The lowest BCUT2D eigenvalue weighted by Crippen LogP contribution is -2.48. The van der Waals surface area contributed by atoms with Crippen molar-refractivity contribution in [3.8, 4) is 0 Å². The number of nitrogens with zero attached hydrogens (tertiary/aromatic N) is 1. The lowest BCUT2D eigenvalue weighted by Gasteiger charge is -2.25. The molecule has 5 heteroatoms. The van der Waals surface area contributed by atoms with Crippen LogP contribution in [0.1, 0.15) is 13.3 Å². The van der Waals surface area contributed by atoms with Crippen LogP contribution in [0.5, 0.6) is 0 Å². The molecule has 0 saturated carbocycles. The molecule has 1 fully saturated rings. The highest BCUT2D eigenvalue weighted by Gasteiger charge is 2.20. The van der Waals surface area contributed by atoms with Crippen LogP contribution in [0, 0.1) is 0 Å². The third-order valence-electron chi connectivity index (χ3n) is 1.55. The predicted molar refractivity (Wildman–Crippen MR) is 41.0 cm³/mol. The van der Waals surface area contributed by atoms with Crippen LogP contribution in [0.4, 0.5) is 0 Å². The van der Waals surface area contributed by atoms with Crippen molar-refractivity contribution in [1.29, 1.82) is 0 Å². The fourth-order valence-electron chi connectivity index (χ4n) is 0.873. The van der Waals surface area contributed by atoms with Crippen LogP contribution in [0.25, 0.3) is 0 Å². The molecule has 1 heterocycles. The molecule has 1 amide bonds. The fraction of sp³-hybridized carbons (Fsp3) is 0.714. The Morgan fingerprint density at radius 1 is 1.75 bits per heavy atom. The predicted octanol–water partition coefficient (Wildman–Crippen LogP) is -0.714. The third-order valence-corrected chi connectivity index (χ3v) is 1.55. The fourth-order valence-corrected chi connectivity index (χ4v) is 0.873. The molecule has 1 N–H and O–H groups in total. The van der Waals surface area contributed by atoms with Crippen LogP contribution < -0.4 is 5.32 Å². The molecule has 0 bridgehead atoms. The third kappa shape index (κ3) is 2.20. The van der Waals surface area contributed by atoms with Gasteiger partial charge in [0.1, 0.15) is 0 Å². The number of rotatable bonds is 2. The standard InChI is InChI=1S/C7H12N2O3/c1-2-7(11)12-9-4-3-8-5-6(9)10/h8H,2-5H2,1H3. The van der Waals surface area contributed by atoms with Crippen LogP contribution >= 0.6 is 0 Å². The van der Waals surface area contributed by atoms with Crippen molar-refractivity contribution in [2.75, 3.05) is 19.6 Å². The summed E-state index contributed by atoms with van der Waals surface area (Å²) in [6.07, 6.45) is 0.289. The van der Waals surface area contributed by atoms with Crippen LogP contribution in [-0.4, -0.2) is 36.6 Å². The van der Waals surface area contributed by atoms with Gasteiger partial charge >= 0.3 is 5.97 Å². The molecule has 0 aromatic rings. The highest BCUT2D eigenvalue weighted by molar-refractivity contribution is 5.80. The monoisotopic (exact) mass is 172 g/mol. The first kappa shape index (κ1) is 8.99. The number of amides is 1. The summed E-state index contributed by atoms with van der Waals surface area (Å²) in [5, 5.41) is 3.99. The van der Waals surface area contributed by atoms with Crippen LogP contribution in [0.3, 0.4) is 0 Å². The van der Waals surface area contributed by atoms with Gasteiger partial charge in [-0.25, -0.2) is 4.79 Å². The van der Waals surface area contributed by atoms with Crippen molar-refractivity contribution in [2.45, 2.75) is 13.3 Å². The zero-order valence-corrected chi connectivity index (χ0v) is 7.00. The Hall–Kier alpha value is -1.10. The van der Waals surface area contributed by atoms with Gasteiger partial charge in [-0.05, 0) is 0 Å². The van der Waals surface area contributed by atoms with E-state index in [0.29, 0.717) is 13.1 Å². The molecular formula is C7H12N2O3. The Bertz CT molecular complexity index is 193. The molecule has 1 aliphatic rings. The molecule has 1 rings (SSSR count). The number of carbonyl (C=O) groups is 2. The molecule has 0 unspecified atom stereocenters. The van der Waals surface area contributed by atoms with Gasteiger partial charge in [0.2, 0.25) is 0 Å². The van der Waals surface area contributed by atoms with Gasteiger partial charge in [0.25, 0.3) is 5.91 Å². The van der Waals surface area contributed by atoms with Gasteiger partial charge in [-0.15, -0.1) is 0 Å². The van der Waals surface area contributed by atoms with E-state index in [2.05, 4.69) is 5.32 Å². The summed E-state index contributed by atoms with van der Waals surface area (Å²) in [4.78, 5) is 26.6. The highest BCUT2D eigenvalue weighted by Crippen LogP contribution is 1.97. The van der Waals surface area contributed by atoms with Crippen molar-refractivity contribution in [3.05, 3.63) is 0 Å². The summed E-state index contributed by atoms with van der Waals surface area (Å²) in [6.45, 7) is 3.04. The summed E-state index contributed by atoms with van der Waals surface area (Å²) in [5.74, 6) is -0.562. The molecule has 0 radical (unpaired) electrons. The molecule has 68 valence electrons. The first-order valence-electron chi connectivity index (χ1n) is 3.96. The van der Waals surface area contributed by atoms with Gasteiger partial charge in [0.15, 0.2) is 0 Å². The maximum Gasteiger partial charge on any atom is 0.332 e. The van der Waals surface area contributed by atoms with Crippen molar-refractivity contribution in [1.82, 2.24) is 10.4 Å².